The molecule has 2 heterocycles. The quantitative estimate of drug-likeness (QED) is 0.724. The van der Waals surface area contributed by atoms with E-state index in [1.165, 1.54) is 5.56 Å². The van der Waals surface area contributed by atoms with Gasteiger partial charge < -0.3 is 15.0 Å². The molecule has 1 aromatic heterocycles. The van der Waals surface area contributed by atoms with Crippen LogP contribution in [0.5, 0.6) is 5.75 Å². The lowest BCUT2D eigenvalue weighted by Crippen LogP contribution is -2.27. The second-order valence-corrected chi connectivity index (χ2v) is 6.54. The molecule has 1 amide bonds. The van der Waals surface area contributed by atoms with E-state index in [-0.39, 0.29) is 5.91 Å². The fourth-order valence-electron chi connectivity index (χ4n) is 3.34. The second kappa shape index (κ2) is 8.08. The Labute approximate surface area is 164 Å². The second-order valence-electron chi connectivity index (χ2n) is 6.54. The third kappa shape index (κ3) is 3.81. The summed E-state index contributed by atoms with van der Waals surface area (Å²) in [6, 6.07) is 17.2. The third-order valence-electron chi connectivity index (χ3n) is 4.65. The summed E-state index contributed by atoms with van der Waals surface area (Å²) in [6.07, 6.45) is 3.71. The summed E-state index contributed by atoms with van der Waals surface area (Å²) in [7, 11) is 0. The molecule has 1 aliphatic rings. The summed E-state index contributed by atoms with van der Waals surface area (Å²) >= 11 is 0. The highest BCUT2D eigenvalue weighted by molar-refractivity contribution is 6.03. The van der Waals surface area contributed by atoms with Crippen molar-refractivity contribution in [3.63, 3.8) is 0 Å². The number of amides is 1. The molecule has 0 radical (unpaired) electrons. The zero-order valence-electron chi connectivity index (χ0n) is 15.8. The molecule has 0 aliphatic carbocycles. The molecule has 28 heavy (non-hydrogen) atoms. The van der Waals surface area contributed by atoms with Gasteiger partial charge in [0.15, 0.2) is 0 Å². The van der Waals surface area contributed by atoms with Crippen LogP contribution in [0.15, 0.2) is 60.8 Å². The van der Waals surface area contributed by atoms with E-state index in [2.05, 4.69) is 32.3 Å². The predicted octanol–water partition coefficient (Wildman–Crippen LogP) is 4.21. The van der Waals surface area contributed by atoms with Gasteiger partial charge in [-0.05, 0) is 61.7 Å². The third-order valence-corrected chi connectivity index (χ3v) is 4.65. The van der Waals surface area contributed by atoms with Crippen molar-refractivity contribution in [3.8, 4) is 5.75 Å². The van der Waals surface area contributed by atoms with Crippen molar-refractivity contribution in [1.29, 1.82) is 0 Å². The predicted molar refractivity (Wildman–Crippen MR) is 109 cm³/mol. The van der Waals surface area contributed by atoms with Gasteiger partial charge in [-0.3, -0.25) is 4.79 Å². The lowest BCUT2D eigenvalue weighted by atomic mass is 10.0. The highest BCUT2D eigenvalue weighted by Gasteiger charge is 2.21. The lowest BCUT2D eigenvalue weighted by Gasteiger charge is -2.29. The number of nitrogens with one attached hydrogen (secondary N) is 1. The summed E-state index contributed by atoms with van der Waals surface area (Å²) in [4.78, 5) is 23.6. The van der Waals surface area contributed by atoms with Gasteiger partial charge in [0, 0.05) is 24.1 Å². The van der Waals surface area contributed by atoms with Crippen molar-refractivity contribution >= 4 is 23.2 Å². The SMILES string of the molecule is CCOc1ccc(NC(=O)c2ccnc(N3CCCc4ccccc43)n2)cc1. The molecule has 1 aliphatic heterocycles. The zero-order chi connectivity index (χ0) is 19.3. The first kappa shape index (κ1) is 18.0. The number of carbonyl (C=O) groups excluding carboxylic acids is 1. The minimum absolute atomic E-state index is 0.266. The monoisotopic (exact) mass is 374 g/mol. The van der Waals surface area contributed by atoms with Crippen LogP contribution in [0.1, 0.15) is 29.4 Å². The molecule has 2 aromatic carbocycles. The first-order valence-corrected chi connectivity index (χ1v) is 9.47. The Morgan fingerprint density at radius 3 is 2.79 bits per heavy atom. The standard InChI is InChI=1S/C22H22N4O2/c1-2-28-18-11-9-17(10-12-18)24-21(27)19-13-14-23-22(25-19)26-15-5-7-16-6-3-4-8-20(16)26/h3-4,6,8-14H,2,5,7,15H2,1H3,(H,24,27). The van der Waals surface area contributed by atoms with Crippen LogP contribution in [0.3, 0.4) is 0 Å². The van der Waals surface area contributed by atoms with Crippen LogP contribution in [0.4, 0.5) is 17.3 Å². The van der Waals surface area contributed by atoms with Crippen LogP contribution in [0, 0.1) is 0 Å². The van der Waals surface area contributed by atoms with E-state index in [1.807, 2.05) is 43.3 Å². The minimum Gasteiger partial charge on any atom is -0.494 e. The molecule has 0 bridgehead atoms. The van der Waals surface area contributed by atoms with Gasteiger partial charge in [-0.2, -0.15) is 0 Å². The molecule has 4 rings (SSSR count). The van der Waals surface area contributed by atoms with Gasteiger partial charge in [0.25, 0.3) is 5.91 Å². The Bertz CT molecular complexity index is 972. The number of rotatable bonds is 5. The largest absolute Gasteiger partial charge is 0.494 e. The molecule has 0 saturated heterocycles. The van der Waals surface area contributed by atoms with Crippen LogP contribution in [-0.4, -0.2) is 29.0 Å². The maximum Gasteiger partial charge on any atom is 0.274 e. The molecular formula is C22H22N4O2. The van der Waals surface area contributed by atoms with Crippen LogP contribution >= 0.6 is 0 Å². The molecule has 0 spiro atoms. The first-order valence-electron chi connectivity index (χ1n) is 9.47. The molecule has 6 heteroatoms. The molecule has 6 nitrogen and oxygen atoms in total. The molecule has 0 unspecified atom stereocenters. The van der Waals surface area contributed by atoms with Crippen LogP contribution in [0.25, 0.3) is 0 Å². The highest BCUT2D eigenvalue weighted by atomic mass is 16.5. The molecule has 3 aromatic rings. The fourth-order valence-corrected chi connectivity index (χ4v) is 3.34. The van der Waals surface area contributed by atoms with Crippen LogP contribution in [0.2, 0.25) is 0 Å². The number of nitrogens with zero attached hydrogens (tertiary/aromatic N) is 3. The van der Waals surface area contributed by atoms with E-state index < -0.39 is 0 Å². The Morgan fingerprint density at radius 2 is 1.96 bits per heavy atom. The average Bonchev–Trinajstić information content (AvgIpc) is 2.75. The number of hydrogen-bond donors (Lipinski definition) is 1. The van der Waals surface area contributed by atoms with Crippen molar-refractivity contribution in [1.82, 2.24) is 9.97 Å². The molecule has 0 atom stereocenters. The molecule has 0 fully saturated rings. The van der Waals surface area contributed by atoms with Gasteiger partial charge in [-0.15, -0.1) is 0 Å². The van der Waals surface area contributed by atoms with Gasteiger partial charge in [0.05, 0.1) is 6.61 Å². The number of carbonyl (C=O) groups is 1. The number of hydrogen-bond acceptors (Lipinski definition) is 5. The van der Waals surface area contributed by atoms with Crippen LogP contribution < -0.4 is 15.0 Å². The van der Waals surface area contributed by atoms with E-state index >= 15 is 0 Å². The first-order chi connectivity index (χ1) is 13.7. The summed E-state index contributed by atoms with van der Waals surface area (Å²) in [5.41, 5.74) is 3.42. The van der Waals surface area contributed by atoms with Gasteiger partial charge in [-0.1, -0.05) is 18.2 Å². The number of fused-ring (bicyclic) bond motifs is 1. The summed E-state index contributed by atoms with van der Waals surface area (Å²) in [5.74, 6) is 1.05. The average molecular weight is 374 g/mol. The summed E-state index contributed by atoms with van der Waals surface area (Å²) < 4.78 is 5.42. The van der Waals surface area contributed by atoms with Gasteiger partial charge in [0.1, 0.15) is 11.4 Å². The summed E-state index contributed by atoms with van der Waals surface area (Å²) in [6.45, 7) is 3.37. The van der Waals surface area contributed by atoms with Gasteiger partial charge >= 0.3 is 0 Å². The molecule has 1 N–H and O–H groups in total. The maximum absolute atomic E-state index is 12.7. The van der Waals surface area contributed by atoms with Gasteiger partial charge in [0.2, 0.25) is 5.95 Å². The summed E-state index contributed by atoms with van der Waals surface area (Å²) in [5, 5.41) is 2.87. The van der Waals surface area contributed by atoms with E-state index in [0.29, 0.717) is 23.9 Å². The fraction of sp³-hybridized carbons (Fsp3) is 0.227. The van der Waals surface area contributed by atoms with Crippen molar-refractivity contribution in [3.05, 3.63) is 72.1 Å². The maximum atomic E-state index is 12.7. The normalized spacial score (nSPS) is 13.0. The zero-order valence-corrected chi connectivity index (χ0v) is 15.8. The Hall–Kier alpha value is -3.41. The van der Waals surface area contributed by atoms with E-state index in [1.54, 1.807) is 12.3 Å². The van der Waals surface area contributed by atoms with E-state index in [9.17, 15) is 4.79 Å². The van der Waals surface area contributed by atoms with Crippen molar-refractivity contribution < 1.29 is 9.53 Å². The van der Waals surface area contributed by atoms with Crippen molar-refractivity contribution in [2.75, 3.05) is 23.4 Å². The van der Waals surface area contributed by atoms with Crippen molar-refractivity contribution in [2.45, 2.75) is 19.8 Å². The lowest BCUT2D eigenvalue weighted by molar-refractivity contribution is 0.102. The number of ether oxygens (including phenoxy) is 1. The highest BCUT2D eigenvalue weighted by Crippen LogP contribution is 2.31. The Balaban J connectivity index is 1.53. The van der Waals surface area contributed by atoms with E-state index in [0.717, 1.165) is 30.8 Å². The number of para-hydroxylation sites is 1. The topological polar surface area (TPSA) is 67.3 Å². The van der Waals surface area contributed by atoms with E-state index in [4.69, 9.17) is 4.74 Å². The smallest absolute Gasteiger partial charge is 0.274 e. The van der Waals surface area contributed by atoms with Gasteiger partial charge in [-0.25, -0.2) is 9.97 Å². The Kier molecular flexibility index (Phi) is 5.19. The Morgan fingerprint density at radius 1 is 1.14 bits per heavy atom. The number of anilines is 3. The van der Waals surface area contributed by atoms with Crippen molar-refractivity contribution in [2.24, 2.45) is 0 Å². The number of aryl methyl sites for hydroxylation is 1. The number of aromatic nitrogens is 2. The molecule has 0 saturated carbocycles. The number of benzene rings is 2. The van der Waals surface area contributed by atoms with Crippen LogP contribution in [-0.2, 0) is 6.42 Å². The molecule has 142 valence electrons. The molecular weight excluding hydrogens is 352 g/mol. The minimum atomic E-state index is -0.266.